The molecular formula is C26H23N5O2S. The second kappa shape index (κ2) is 9.93. The highest BCUT2D eigenvalue weighted by molar-refractivity contribution is 7.98. The third kappa shape index (κ3) is 4.87. The fourth-order valence-corrected chi connectivity index (χ4v) is 4.58. The second-order valence-corrected chi connectivity index (χ2v) is 8.87. The van der Waals surface area contributed by atoms with Gasteiger partial charge in [-0.25, -0.2) is 5.43 Å². The molecule has 3 aromatic carbocycles. The zero-order chi connectivity index (χ0) is 23.3. The van der Waals surface area contributed by atoms with E-state index in [1.165, 1.54) is 0 Å². The van der Waals surface area contributed by atoms with Crippen LogP contribution in [0.3, 0.4) is 0 Å². The Kier molecular flexibility index (Phi) is 6.40. The van der Waals surface area contributed by atoms with Crippen molar-refractivity contribution in [2.24, 2.45) is 12.1 Å². The van der Waals surface area contributed by atoms with Gasteiger partial charge >= 0.3 is 0 Å². The van der Waals surface area contributed by atoms with Crippen molar-refractivity contribution in [3.05, 3.63) is 107 Å². The molecule has 34 heavy (non-hydrogen) atoms. The summed E-state index contributed by atoms with van der Waals surface area (Å²) >= 11 is 1.60. The monoisotopic (exact) mass is 469 g/mol. The van der Waals surface area contributed by atoms with Crippen LogP contribution in [-0.2, 0) is 12.8 Å². The lowest BCUT2D eigenvalue weighted by Crippen LogP contribution is -2.25. The van der Waals surface area contributed by atoms with E-state index < -0.39 is 0 Å². The van der Waals surface area contributed by atoms with E-state index >= 15 is 0 Å². The van der Waals surface area contributed by atoms with Crippen LogP contribution in [-0.4, -0.2) is 26.4 Å². The third-order valence-electron chi connectivity index (χ3n) is 5.56. The van der Waals surface area contributed by atoms with Gasteiger partial charge < -0.3 is 9.30 Å². The maximum Gasteiger partial charge on any atom is 0.271 e. The molecule has 1 unspecified atom stereocenters. The zero-order valence-corrected chi connectivity index (χ0v) is 19.4. The molecule has 1 amide bonds. The molecule has 5 rings (SSSR count). The van der Waals surface area contributed by atoms with Gasteiger partial charge in [0.2, 0.25) is 0 Å². The van der Waals surface area contributed by atoms with Gasteiger partial charge in [0.05, 0.1) is 5.71 Å². The predicted molar refractivity (Wildman–Crippen MR) is 132 cm³/mol. The lowest BCUT2D eigenvalue weighted by Gasteiger charge is -2.27. The first-order valence-corrected chi connectivity index (χ1v) is 11.9. The van der Waals surface area contributed by atoms with Crippen LogP contribution in [0, 0.1) is 0 Å². The second-order valence-electron chi connectivity index (χ2n) is 7.93. The van der Waals surface area contributed by atoms with Crippen LogP contribution in [0.4, 0.5) is 0 Å². The number of aromatic nitrogens is 3. The highest BCUT2D eigenvalue weighted by Gasteiger charge is 2.26. The molecule has 1 aliphatic heterocycles. The number of benzene rings is 3. The number of ether oxygens (including phenoxy) is 1. The van der Waals surface area contributed by atoms with Crippen LogP contribution in [0.2, 0.25) is 0 Å². The number of aryl methyl sites for hydroxylation is 1. The average molecular weight is 470 g/mol. The number of nitrogens with zero attached hydrogens (tertiary/aromatic N) is 4. The number of hydrogen-bond donors (Lipinski definition) is 1. The number of thioether (sulfide) groups is 1. The Labute approximate surface area is 201 Å². The highest BCUT2D eigenvalue weighted by atomic mass is 32.2. The summed E-state index contributed by atoms with van der Waals surface area (Å²) in [4.78, 5) is 12.8. The van der Waals surface area contributed by atoms with Gasteiger partial charge in [-0.3, -0.25) is 4.79 Å². The summed E-state index contributed by atoms with van der Waals surface area (Å²) < 4.78 is 8.08. The summed E-state index contributed by atoms with van der Waals surface area (Å²) in [5.74, 6) is 1.26. The average Bonchev–Trinajstić information content (AvgIpc) is 3.31. The van der Waals surface area contributed by atoms with Crippen LogP contribution in [0.15, 0.2) is 95.4 Å². The Morgan fingerprint density at radius 2 is 1.85 bits per heavy atom. The summed E-state index contributed by atoms with van der Waals surface area (Å²) in [7, 11) is 1.91. The number of hydrazone groups is 1. The van der Waals surface area contributed by atoms with Crippen molar-refractivity contribution in [3.63, 3.8) is 0 Å². The Hall–Kier alpha value is -3.91. The Morgan fingerprint density at radius 1 is 1.09 bits per heavy atom. The Morgan fingerprint density at radius 3 is 2.62 bits per heavy atom. The molecule has 0 bridgehead atoms. The number of rotatable bonds is 6. The molecule has 1 aromatic heterocycles. The van der Waals surface area contributed by atoms with Gasteiger partial charge in [0.15, 0.2) is 5.16 Å². The molecule has 4 aromatic rings. The number of nitrogens with one attached hydrogen (secondary N) is 1. The molecule has 2 heterocycles. The molecule has 0 radical (unpaired) electrons. The van der Waals surface area contributed by atoms with Crippen molar-refractivity contribution in [2.75, 3.05) is 0 Å². The fourth-order valence-electron chi connectivity index (χ4n) is 3.73. The van der Waals surface area contributed by atoms with Crippen LogP contribution in [0.1, 0.15) is 39.6 Å². The molecule has 8 heteroatoms. The SMILES string of the molecule is Cn1cnnc1SCc1ccc(C(=O)N/N=C2/CC(c3ccccc3)Oc3ccccc32)cc1. The standard InChI is InChI=1S/C26H23N5O2S/c1-31-17-27-30-26(31)34-16-18-11-13-20(14-12-18)25(32)29-28-22-15-24(19-7-3-2-4-8-19)33-23-10-6-5-9-21(22)23/h2-14,17,24H,15-16H2,1H3,(H,29,32)/b28-22-. The van der Waals surface area contributed by atoms with Gasteiger partial charge in [-0.15, -0.1) is 10.2 Å². The zero-order valence-electron chi connectivity index (χ0n) is 18.6. The van der Waals surface area contributed by atoms with E-state index in [4.69, 9.17) is 4.74 Å². The van der Waals surface area contributed by atoms with E-state index in [-0.39, 0.29) is 12.0 Å². The van der Waals surface area contributed by atoms with Gasteiger partial charge in [-0.1, -0.05) is 66.4 Å². The molecule has 1 N–H and O–H groups in total. The molecule has 0 saturated heterocycles. The van der Waals surface area contributed by atoms with Gasteiger partial charge in [0.25, 0.3) is 5.91 Å². The minimum absolute atomic E-state index is 0.155. The van der Waals surface area contributed by atoms with Crippen molar-refractivity contribution < 1.29 is 9.53 Å². The first-order valence-electron chi connectivity index (χ1n) is 10.9. The van der Waals surface area contributed by atoms with Crippen LogP contribution in [0.25, 0.3) is 0 Å². The van der Waals surface area contributed by atoms with E-state index in [9.17, 15) is 4.79 Å². The number of amides is 1. The highest BCUT2D eigenvalue weighted by Crippen LogP contribution is 2.35. The first-order chi connectivity index (χ1) is 16.7. The van der Waals surface area contributed by atoms with Gasteiger partial charge in [0.1, 0.15) is 18.2 Å². The minimum Gasteiger partial charge on any atom is -0.485 e. The van der Waals surface area contributed by atoms with Gasteiger partial charge in [-0.05, 0) is 35.4 Å². The topological polar surface area (TPSA) is 81.4 Å². The summed E-state index contributed by atoms with van der Waals surface area (Å²) in [6.07, 6.45) is 2.09. The molecule has 0 fully saturated rings. The van der Waals surface area contributed by atoms with Crippen molar-refractivity contribution in [2.45, 2.75) is 23.4 Å². The molecule has 1 aliphatic rings. The number of carbonyl (C=O) groups excluding carboxylic acids is 1. The smallest absolute Gasteiger partial charge is 0.271 e. The predicted octanol–water partition coefficient (Wildman–Crippen LogP) is 4.77. The minimum atomic E-state index is -0.250. The molecule has 170 valence electrons. The largest absolute Gasteiger partial charge is 0.485 e. The molecule has 0 spiro atoms. The molecular weight excluding hydrogens is 446 g/mol. The quantitative estimate of drug-likeness (QED) is 0.325. The normalized spacial score (nSPS) is 16.0. The van der Waals surface area contributed by atoms with Crippen molar-refractivity contribution in [3.8, 4) is 5.75 Å². The number of carbonyl (C=O) groups is 1. The fraction of sp³-hybridized carbons (Fsp3) is 0.154. The van der Waals surface area contributed by atoms with Crippen molar-refractivity contribution in [1.29, 1.82) is 0 Å². The van der Waals surface area contributed by atoms with Crippen LogP contribution in [0.5, 0.6) is 5.75 Å². The summed E-state index contributed by atoms with van der Waals surface area (Å²) in [6, 6.07) is 25.3. The van der Waals surface area contributed by atoms with Crippen LogP contribution >= 0.6 is 11.8 Å². The Balaban J connectivity index is 1.28. The lowest BCUT2D eigenvalue weighted by atomic mass is 9.96. The van der Waals surface area contributed by atoms with E-state index in [0.29, 0.717) is 12.0 Å². The molecule has 0 aliphatic carbocycles. The maximum absolute atomic E-state index is 12.8. The summed E-state index contributed by atoms with van der Waals surface area (Å²) in [6.45, 7) is 0. The van der Waals surface area contributed by atoms with Gasteiger partial charge in [0, 0.05) is 30.3 Å². The lowest BCUT2D eigenvalue weighted by molar-refractivity contribution is 0.0954. The number of fused-ring (bicyclic) bond motifs is 1. The van der Waals surface area contributed by atoms with E-state index in [2.05, 4.69) is 20.7 Å². The molecule has 1 atom stereocenters. The Bertz CT molecular complexity index is 1320. The van der Waals surface area contributed by atoms with Gasteiger partial charge in [-0.2, -0.15) is 5.10 Å². The summed E-state index contributed by atoms with van der Waals surface area (Å²) in [5, 5.41) is 13.3. The third-order valence-corrected chi connectivity index (χ3v) is 6.67. The van der Waals surface area contributed by atoms with Crippen LogP contribution < -0.4 is 10.2 Å². The number of para-hydroxylation sites is 1. The summed E-state index contributed by atoms with van der Waals surface area (Å²) in [5.41, 5.74) is 7.14. The maximum atomic E-state index is 12.8. The molecule has 7 nitrogen and oxygen atoms in total. The van der Waals surface area contributed by atoms with E-state index in [0.717, 1.165) is 39.1 Å². The van der Waals surface area contributed by atoms with Crippen molar-refractivity contribution in [1.82, 2.24) is 20.2 Å². The van der Waals surface area contributed by atoms with Crippen molar-refractivity contribution >= 4 is 23.4 Å². The first kappa shape index (κ1) is 21.9. The number of hydrogen-bond acceptors (Lipinski definition) is 6. The van der Waals surface area contributed by atoms with E-state index in [1.807, 2.05) is 90.5 Å². The molecule has 0 saturated carbocycles. The van der Waals surface area contributed by atoms with E-state index in [1.54, 1.807) is 18.1 Å².